The number of halogens is 2. The van der Waals surface area contributed by atoms with E-state index in [1.807, 2.05) is 30.3 Å². The molecule has 2 aromatic carbocycles. The van der Waals surface area contributed by atoms with E-state index in [0.29, 0.717) is 18.3 Å². The molecule has 1 aliphatic rings. The first-order valence-corrected chi connectivity index (χ1v) is 10.9. The van der Waals surface area contributed by atoms with Gasteiger partial charge in [-0.1, -0.05) is 59.9 Å². The summed E-state index contributed by atoms with van der Waals surface area (Å²) < 4.78 is 19.5. The zero-order chi connectivity index (χ0) is 21.6. The van der Waals surface area contributed by atoms with Crippen LogP contribution in [0.3, 0.4) is 0 Å². The molecule has 6 nitrogen and oxygen atoms in total. The van der Waals surface area contributed by atoms with Crippen LogP contribution in [0.2, 0.25) is 5.02 Å². The van der Waals surface area contributed by atoms with Crippen molar-refractivity contribution in [1.82, 2.24) is 15.5 Å². The Hall–Kier alpha value is -2.93. The summed E-state index contributed by atoms with van der Waals surface area (Å²) in [5.41, 5.74) is 1.27. The van der Waals surface area contributed by atoms with E-state index >= 15 is 0 Å². The number of nitrogens with one attached hydrogen (secondary N) is 1. The quantitative estimate of drug-likeness (QED) is 0.584. The molecule has 31 heavy (non-hydrogen) atoms. The third-order valence-electron chi connectivity index (χ3n) is 5.37. The molecular weight excluding hydrogens is 419 g/mol. The predicted molar refractivity (Wildman–Crippen MR) is 117 cm³/mol. The van der Waals surface area contributed by atoms with E-state index in [1.54, 1.807) is 0 Å². The van der Waals surface area contributed by atoms with E-state index in [9.17, 15) is 9.18 Å². The Morgan fingerprint density at radius 1 is 1.10 bits per heavy atom. The van der Waals surface area contributed by atoms with E-state index in [2.05, 4.69) is 20.4 Å². The maximum Gasteiger partial charge on any atom is 0.318 e. The van der Waals surface area contributed by atoms with Crippen LogP contribution >= 0.6 is 11.6 Å². The second-order valence-electron chi connectivity index (χ2n) is 7.67. The van der Waals surface area contributed by atoms with E-state index in [1.165, 1.54) is 31.0 Å². The highest BCUT2D eigenvalue weighted by Gasteiger charge is 2.24. The minimum absolute atomic E-state index is 0.103. The smallest absolute Gasteiger partial charge is 0.318 e. The SMILES string of the molecule is O=C(N[C@@H](Cc1ccccc1)c1nnc(N2CCCCCC2)o1)c1ccc(F)c(Cl)c1. The monoisotopic (exact) mass is 442 g/mol. The highest BCUT2D eigenvalue weighted by Crippen LogP contribution is 2.24. The van der Waals surface area contributed by atoms with Gasteiger partial charge in [0, 0.05) is 25.1 Å². The highest BCUT2D eigenvalue weighted by atomic mass is 35.5. The van der Waals surface area contributed by atoms with Crippen LogP contribution in [0.1, 0.15) is 53.5 Å². The van der Waals surface area contributed by atoms with Gasteiger partial charge in [0.1, 0.15) is 11.9 Å². The summed E-state index contributed by atoms with van der Waals surface area (Å²) in [4.78, 5) is 14.9. The fourth-order valence-electron chi connectivity index (χ4n) is 3.69. The van der Waals surface area contributed by atoms with Crippen molar-refractivity contribution in [2.75, 3.05) is 18.0 Å². The number of aromatic nitrogens is 2. The lowest BCUT2D eigenvalue weighted by Crippen LogP contribution is -2.30. The second kappa shape index (κ2) is 9.92. The summed E-state index contributed by atoms with van der Waals surface area (Å²) in [6, 6.07) is 13.6. The lowest BCUT2D eigenvalue weighted by Gasteiger charge is -2.18. The van der Waals surface area contributed by atoms with E-state index in [-0.39, 0.29) is 10.6 Å². The maximum absolute atomic E-state index is 13.5. The van der Waals surface area contributed by atoms with Gasteiger partial charge in [0.15, 0.2) is 0 Å². The molecule has 0 spiro atoms. The van der Waals surface area contributed by atoms with Gasteiger partial charge in [-0.3, -0.25) is 4.79 Å². The van der Waals surface area contributed by atoms with Gasteiger partial charge in [-0.15, -0.1) is 5.10 Å². The van der Waals surface area contributed by atoms with E-state index < -0.39 is 17.8 Å². The molecule has 1 N–H and O–H groups in total. The van der Waals surface area contributed by atoms with Crippen LogP contribution in [-0.2, 0) is 6.42 Å². The number of carbonyl (C=O) groups is 1. The summed E-state index contributed by atoms with van der Waals surface area (Å²) in [6.45, 7) is 1.76. The average Bonchev–Trinajstić information content (AvgIpc) is 3.11. The average molecular weight is 443 g/mol. The van der Waals surface area contributed by atoms with Crippen molar-refractivity contribution in [2.24, 2.45) is 0 Å². The van der Waals surface area contributed by atoms with Gasteiger partial charge in [0.2, 0.25) is 5.89 Å². The number of hydrogen-bond acceptors (Lipinski definition) is 5. The number of anilines is 1. The first kappa shape index (κ1) is 21.3. The Balaban J connectivity index is 1.57. The zero-order valence-electron chi connectivity index (χ0n) is 17.1. The molecule has 8 heteroatoms. The minimum atomic E-state index is -0.571. The van der Waals surface area contributed by atoms with Crippen LogP contribution in [0, 0.1) is 5.82 Å². The van der Waals surface area contributed by atoms with E-state index in [4.69, 9.17) is 16.0 Å². The lowest BCUT2D eigenvalue weighted by atomic mass is 10.1. The Kier molecular flexibility index (Phi) is 6.82. The summed E-state index contributed by atoms with van der Waals surface area (Å²) in [6.07, 6.45) is 5.05. The molecule has 0 bridgehead atoms. The first-order chi connectivity index (χ1) is 15.1. The minimum Gasteiger partial charge on any atom is -0.406 e. The van der Waals surface area contributed by atoms with Crippen LogP contribution < -0.4 is 10.2 Å². The molecule has 1 aromatic heterocycles. The molecule has 3 aromatic rings. The van der Waals surface area contributed by atoms with Gasteiger partial charge < -0.3 is 14.6 Å². The van der Waals surface area contributed by atoms with Crippen molar-refractivity contribution in [3.8, 4) is 0 Å². The summed E-state index contributed by atoms with van der Waals surface area (Å²) in [7, 11) is 0. The van der Waals surface area contributed by atoms with Crippen LogP contribution in [-0.4, -0.2) is 29.2 Å². The summed E-state index contributed by atoms with van der Waals surface area (Å²) >= 11 is 5.84. The van der Waals surface area contributed by atoms with Crippen molar-refractivity contribution in [1.29, 1.82) is 0 Å². The topological polar surface area (TPSA) is 71.3 Å². The third kappa shape index (κ3) is 5.41. The fourth-order valence-corrected chi connectivity index (χ4v) is 3.87. The maximum atomic E-state index is 13.5. The van der Waals surface area contributed by atoms with Crippen LogP contribution in [0.25, 0.3) is 0 Å². The molecule has 1 amide bonds. The van der Waals surface area contributed by atoms with Gasteiger partial charge in [-0.05, 0) is 36.6 Å². The summed E-state index contributed by atoms with van der Waals surface area (Å²) in [5.74, 6) is -0.625. The number of hydrogen-bond donors (Lipinski definition) is 1. The molecule has 1 atom stereocenters. The number of rotatable bonds is 6. The molecule has 1 aliphatic heterocycles. The number of benzene rings is 2. The largest absolute Gasteiger partial charge is 0.406 e. The number of amides is 1. The summed E-state index contributed by atoms with van der Waals surface area (Å²) in [5, 5.41) is 11.3. The molecular formula is C23H24ClFN4O2. The Morgan fingerprint density at radius 3 is 2.55 bits per heavy atom. The van der Waals surface area contributed by atoms with Crippen molar-refractivity contribution >= 4 is 23.5 Å². The van der Waals surface area contributed by atoms with Crippen molar-refractivity contribution < 1.29 is 13.6 Å². The molecule has 2 heterocycles. The van der Waals surface area contributed by atoms with Gasteiger partial charge in [0.05, 0.1) is 5.02 Å². The van der Waals surface area contributed by atoms with Crippen molar-refractivity contribution in [3.05, 3.63) is 76.4 Å². The number of nitrogens with zero attached hydrogens (tertiary/aromatic N) is 3. The molecule has 0 unspecified atom stereocenters. The normalized spacial score (nSPS) is 15.4. The first-order valence-electron chi connectivity index (χ1n) is 10.5. The molecule has 0 saturated carbocycles. The Labute approximate surface area is 185 Å². The van der Waals surface area contributed by atoms with Crippen LogP contribution in [0.15, 0.2) is 52.9 Å². The van der Waals surface area contributed by atoms with Crippen LogP contribution in [0.5, 0.6) is 0 Å². The van der Waals surface area contributed by atoms with Gasteiger partial charge >= 0.3 is 6.01 Å². The van der Waals surface area contributed by atoms with Crippen molar-refractivity contribution in [3.63, 3.8) is 0 Å². The third-order valence-corrected chi connectivity index (χ3v) is 5.66. The Bertz CT molecular complexity index is 1020. The lowest BCUT2D eigenvalue weighted by molar-refractivity contribution is 0.0930. The predicted octanol–water partition coefficient (Wildman–Crippen LogP) is 4.96. The second-order valence-corrected chi connectivity index (χ2v) is 8.08. The highest BCUT2D eigenvalue weighted by molar-refractivity contribution is 6.31. The number of carbonyl (C=O) groups excluding carboxylic acids is 1. The molecule has 0 aliphatic carbocycles. The van der Waals surface area contributed by atoms with Crippen LogP contribution in [0.4, 0.5) is 10.4 Å². The Morgan fingerprint density at radius 2 is 1.84 bits per heavy atom. The molecule has 1 saturated heterocycles. The molecule has 4 rings (SSSR count). The fraction of sp³-hybridized carbons (Fsp3) is 0.348. The molecule has 1 fully saturated rings. The van der Waals surface area contributed by atoms with Crippen molar-refractivity contribution in [2.45, 2.75) is 38.1 Å². The molecule has 162 valence electrons. The van der Waals surface area contributed by atoms with Gasteiger partial charge in [0.25, 0.3) is 5.91 Å². The van der Waals surface area contributed by atoms with Gasteiger partial charge in [-0.2, -0.15) is 0 Å². The van der Waals surface area contributed by atoms with Gasteiger partial charge in [-0.25, -0.2) is 4.39 Å². The zero-order valence-corrected chi connectivity index (χ0v) is 17.8. The molecule has 0 radical (unpaired) electrons. The standard InChI is InChI=1S/C23H24ClFN4O2/c24-18-15-17(10-11-19(18)25)21(30)26-20(14-16-8-4-3-5-9-16)22-27-28-23(31-22)29-12-6-1-2-7-13-29/h3-5,8-11,15,20H,1-2,6-7,12-14H2,(H,26,30)/t20-/m0/s1. The van der Waals surface area contributed by atoms with E-state index in [0.717, 1.165) is 31.5 Å².